The van der Waals surface area contributed by atoms with Crippen LogP contribution in [0.15, 0.2) is 24.3 Å². The van der Waals surface area contributed by atoms with E-state index in [9.17, 15) is 4.39 Å². The summed E-state index contributed by atoms with van der Waals surface area (Å²) in [5.41, 5.74) is 6.55. The molecule has 3 heteroatoms. The van der Waals surface area contributed by atoms with E-state index < -0.39 is 0 Å². The maximum atomic E-state index is 13.3. The fraction of sp³-hybridized carbons (Fsp3) is 0.600. The Morgan fingerprint density at radius 3 is 2.56 bits per heavy atom. The Morgan fingerprint density at radius 2 is 2.00 bits per heavy atom. The Hall–Kier alpha value is -1.09. The Kier molecular flexibility index (Phi) is 6.73. The van der Waals surface area contributed by atoms with Crippen molar-refractivity contribution in [1.82, 2.24) is 0 Å². The average molecular weight is 252 g/mol. The molecule has 0 unspecified atom stereocenters. The van der Waals surface area contributed by atoms with Crippen molar-refractivity contribution in [1.29, 1.82) is 0 Å². The zero-order chi connectivity index (χ0) is 13.4. The third-order valence-electron chi connectivity index (χ3n) is 3.44. The summed E-state index contributed by atoms with van der Waals surface area (Å²) >= 11 is 0. The van der Waals surface area contributed by atoms with Crippen molar-refractivity contribution in [2.24, 2.45) is 11.7 Å². The van der Waals surface area contributed by atoms with E-state index in [1.807, 2.05) is 6.07 Å². The number of halogens is 1. The quantitative estimate of drug-likeness (QED) is 0.768. The molecule has 0 amide bonds. The Balaban J connectivity index is 2.76. The molecule has 0 heterocycles. The summed E-state index contributed by atoms with van der Waals surface area (Å²) in [7, 11) is 0. The van der Waals surface area contributed by atoms with Crippen LogP contribution in [0.3, 0.4) is 0 Å². The molecule has 0 fully saturated rings. The van der Waals surface area contributed by atoms with Crippen molar-refractivity contribution in [3.8, 4) is 0 Å². The van der Waals surface area contributed by atoms with Gasteiger partial charge in [0.05, 0.1) is 0 Å². The first kappa shape index (κ1) is 15.0. The standard InChI is InChI=1S/C15H25FN2/c1-3-13(4-2)12-18(10-6-9-17)15-8-5-7-14(16)11-15/h5,7-8,11,13H,3-4,6,9-10,12,17H2,1-2H3. The zero-order valence-corrected chi connectivity index (χ0v) is 11.5. The number of hydrogen-bond donors (Lipinski definition) is 1. The van der Waals surface area contributed by atoms with Gasteiger partial charge in [0.15, 0.2) is 0 Å². The summed E-state index contributed by atoms with van der Waals surface area (Å²) < 4.78 is 13.3. The van der Waals surface area contributed by atoms with E-state index in [1.54, 1.807) is 12.1 Å². The molecule has 0 bridgehead atoms. The highest BCUT2D eigenvalue weighted by Crippen LogP contribution is 2.19. The highest BCUT2D eigenvalue weighted by Gasteiger charge is 2.12. The molecule has 2 nitrogen and oxygen atoms in total. The fourth-order valence-corrected chi connectivity index (χ4v) is 2.14. The van der Waals surface area contributed by atoms with Crippen molar-refractivity contribution >= 4 is 5.69 Å². The molecule has 18 heavy (non-hydrogen) atoms. The van der Waals surface area contributed by atoms with Crippen LogP contribution in [0.2, 0.25) is 0 Å². The number of hydrogen-bond acceptors (Lipinski definition) is 2. The van der Waals surface area contributed by atoms with Gasteiger partial charge >= 0.3 is 0 Å². The molecule has 0 saturated carbocycles. The van der Waals surface area contributed by atoms with Crippen LogP contribution < -0.4 is 10.6 Å². The lowest BCUT2D eigenvalue weighted by molar-refractivity contribution is 0.480. The number of anilines is 1. The van der Waals surface area contributed by atoms with Crippen LogP contribution in [-0.4, -0.2) is 19.6 Å². The van der Waals surface area contributed by atoms with Crippen molar-refractivity contribution in [3.05, 3.63) is 30.1 Å². The smallest absolute Gasteiger partial charge is 0.125 e. The van der Waals surface area contributed by atoms with E-state index in [0.717, 1.165) is 38.0 Å². The van der Waals surface area contributed by atoms with Crippen LogP contribution in [0.1, 0.15) is 33.1 Å². The van der Waals surface area contributed by atoms with E-state index in [-0.39, 0.29) is 5.82 Å². The number of nitrogens with zero attached hydrogens (tertiary/aromatic N) is 1. The third kappa shape index (κ3) is 4.65. The van der Waals surface area contributed by atoms with Crippen LogP contribution in [0.4, 0.5) is 10.1 Å². The van der Waals surface area contributed by atoms with E-state index in [1.165, 1.54) is 6.07 Å². The highest BCUT2D eigenvalue weighted by atomic mass is 19.1. The number of rotatable bonds is 8. The predicted octanol–water partition coefficient (Wildman–Crippen LogP) is 3.42. The van der Waals surface area contributed by atoms with Crippen LogP contribution in [-0.2, 0) is 0 Å². The molecule has 0 radical (unpaired) electrons. The predicted molar refractivity (Wildman–Crippen MR) is 76.4 cm³/mol. The second kappa shape index (κ2) is 8.09. The maximum absolute atomic E-state index is 13.3. The molecule has 0 aliphatic heterocycles. The van der Waals surface area contributed by atoms with Crippen LogP contribution in [0, 0.1) is 11.7 Å². The molecular formula is C15H25FN2. The summed E-state index contributed by atoms with van der Waals surface area (Å²) in [4.78, 5) is 2.26. The van der Waals surface area contributed by atoms with Gasteiger partial charge in [-0.05, 0) is 37.1 Å². The SMILES string of the molecule is CCC(CC)CN(CCCN)c1cccc(F)c1. The first-order chi connectivity index (χ1) is 8.71. The monoisotopic (exact) mass is 252 g/mol. The largest absolute Gasteiger partial charge is 0.371 e. The van der Waals surface area contributed by atoms with Gasteiger partial charge in [0.2, 0.25) is 0 Å². The summed E-state index contributed by atoms with van der Waals surface area (Å²) in [6, 6.07) is 6.84. The molecule has 1 aromatic rings. The molecule has 0 spiro atoms. The second-order valence-corrected chi connectivity index (χ2v) is 4.75. The summed E-state index contributed by atoms with van der Waals surface area (Å²) in [5, 5.41) is 0. The zero-order valence-electron chi connectivity index (χ0n) is 11.5. The van der Waals surface area contributed by atoms with Gasteiger partial charge in [0, 0.05) is 18.8 Å². The van der Waals surface area contributed by atoms with Crippen molar-refractivity contribution in [2.45, 2.75) is 33.1 Å². The maximum Gasteiger partial charge on any atom is 0.125 e. The molecule has 102 valence electrons. The molecule has 0 saturated heterocycles. The van der Waals surface area contributed by atoms with Crippen molar-refractivity contribution in [2.75, 3.05) is 24.5 Å². The first-order valence-corrected chi connectivity index (χ1v) is 6.91. The highest BCUT2D eigenvalue weighted by molar-refractivity contribution is 5.46. The van der Waals surface area contributed by atoms with Gasteiger partial charge in [-0.2, -0.15) is 0 Å². The van der Waals surface area contributed by atoms with Crippen molar-refractivity contribution < 1.29 is 4.39 Å². The van der Waals surface area contributed by atoms with E-state index >= 15 is 0 Å². The van der Waals surface area contributed by atoms with Crippen LogP contribution in [0.25, 0.3) is 0 Å². The van der Waals surface area contributed by atoms with E-state index in [4.69, 9.17) is 5.73 Å². The molecule has 0 aliphatic carbocycles. The summed E-state index contributed by atoms with van der Waals surface area (Å²) in [6.45, 7) is 6.98. The summed E-state index contributed by atoms with van der Waals surface area (Å²) in [5.74, 6) is 0.487. The Bertz CT molecular complexity index is 337. The number of nitrogens with two attached hydrogens (primary N) is 1. The minimum Gasteiger partial charge on any atom is -0.371 e. The molecule has 1 rings (SSSR count). The lowest BCUT2D eigenvalue weighted by atomic mass is 10.0. The van der Waals surface area contributed by atoms with E-state index in [0.29, 0.717) is 12.5 Å². The molecule has 2 N–H and O–H groups in total. The third-order valence-corrected chi connectivity index (χ3v) is 3.44. The summed E-state index contributed by atoms with van der Waals surface area (Å²) in [6.07, 6.45) is 3.26. The first-order valence-electron chi connectivity index (χ1n) is 6.91. The Labute approximate surface area is 110 Å². The van der Waals surface area contributed by atoms with Gasteiger partial charge in [-0.25, -0.2) is 4.39 Å². The average Bonchev–Trinajstić information content (AvgIpc) is 2.39. The normalized spacial score (nSPS) is 10.9. The second-order valence-electron chi connectivity index (χ2n) is 4.75. The molecule has 1 aromatic carbocycles. The van der Waals surface area contributed by atoms with Gasteiger partial charge in [0.25, 0.3) is 0 Å². The topological polar surface area (TPSA) is 29.3 Å². The van der Waals surface area contributed by atoms with Gasteiger partial charge in [-0.1, -0.05) is 32.8 Å². The van der Waals surface area contributed by atoms with Gasteiger partial charge in [-0.15, -0.1) is 0 Å². The fourth-order valence-electron chi connectivity index (χ4n) is 2.14. The van der Waals surface area contributed by atoms with Gasteiger partial charge in [-0.3, -0.25) is 0 Å². The molecular weight excluding hydrogens is 227 g/mol. The van der Waals surface area contributed by atoms with Crippen LogP contribution >= 0.6 is 0 Å². The molecule has 0 aromatic heterocycles. The van der Waals surface area contributed by atoms with Gasteiger partial charge < -0.3 is 10.6 Å². The minimum absolute atomic E-state index is 0.171. The Morgan fingerprint density at radius 1 is 1.28 bits per heavy atom. The minimum atomic E-state index is -0.171. The lowest BCUT2D eigenvalue weighted by Gasteiger charge is -2.28. The van der Waals surface area contributed by atoms with E-state index in [2.05, 4.69) is 18.7 Å². The molecule has 0 atom stereocenters. The van der Waals surface area contributed by atoms with Crippen molar-refractivity contribution in [3.63, 3.8) is 0 Å². The number of benzene rings is 1. The lowest BCUT2D eigenvalue weighted by Crippen LogP contribution is -2.31. The van der Waals surface area contributed by atoms with Gasteiger partial charge in [0.1, 0.15) is 5.82 Å². The molecule has 0 aliphatic rings. The van der Waals surface area contributed by atoms with Crippen LogP contribution in [0.5, 0.6) is 0 Å².